The Morgan fingerprint density at radius 1 is 1.18 bits per heavy atom. The molecule has 0 saturated carbocycles. The van der Waals surface area contributed by atoms with Crippen LogP contribution in [0.15, 0.2) is 24.3 Å². The first-order valence-electron chi connectivity index (χ1n) is 5.58. The highest BCUT2D eigenvalue weighted by Crippen LogP contribution is 2.18. The molecule has 2 rings (SSSR count). The largest absolute Gasteiger partial charge is 0.345 e. The number of hydrogen-bond donors (Lipinski definition) is 0. The Balaban J connectivity index is 2.65. The first-order chi connectivity index (χ1) is 7.99. The van der Waals surface area contributed by atoms with E-state index >= 15 is 0 Å². The van der Waals surface area contributed by atoms with Gasteiger partial charge in [-0.15, -0.1) is 0 Å². The summed E-state index contributed by atoms with van der Waals surface area (Å²) in [5.41, 5.74) is 3.56. The van der Waals surface area contributed by atoms with Crippen LogP contribution in [0.1, 0.15) is 21.6 Å². The van der Waals surface area contributed by atoms with Crippen LogP contribution in [-0.4, -0.2) is 29.9 Å². The highest BCUT2D eigenvalue weighted by Gasteiger charge is 2.13. The van der Waals surface area contributed by atoms with Gasteiger partial charge in [-0.25, -0.2) is 0 Å². The Morgan fingerprint density at radius 3 is 2.53 bits per heavy atom. The number of amides is 1. The lowest BCUT2D eigenvalue weighted by molar-refractivity contribution is 0.0826. The second-order valence-corrected chi connectivity index (χ2v) is 4.52. The molecule has 0 saturated heterocycles. The van der Waals surface area contributed by atoms with Gasteiger partial charge in [0.15, 0.2) is 0 Å². The van der Waals surface area contributed by atoms with E-state index in [0.29, 0.717) is 5.56 Å². The van der Waals surface area contributed by atoms with Crippen molar-refractivity contribution >= 4 is 16.8 Å². The predicted molar refractivity (Wildman–Crippen MR) is 69.2 cm³/mol. The summed E-state index contributed by atoms with van der Waals surface area (Å²) in [4.78, 5) is 18.0. The highest BCUT2D eigenvalue weighted by atomic mass is 16.2. The molecule has 0 radical (unpaired) electrons. The van der Waals surface area contributed by atoms with Crippen molar-refractivity contribution in [2.45, 2.75) is 13.8 Å². The van der Waals surface area contributed by atoms with Crippen molar-refractivity contribution in [3.63, 3.8) is 0 Å². The van der Waals surface area contributed by atoms with Gasteiger partial charge < -0.3 is 4.90 Å². The van der Waals surface area contributed by atoms with Gasteiger partial charge in [-0.3, -0.25) is 9.78 Å². The van der Waals surface area contributed by atoms with Crippen molar-refractivity contribution in [2.75, 3.05) is 14.1 Å². The number of aryl methyl sites for hydroxylation is 2. The fourth-order valence-corrected chi connectivity index (χ4v) is 1.85. The molecular formula is C14H16N2O. The van der Waals surface area contributed by atoms with E-state index in [2.05, 4.69) is 4.98 Å². The van der Waals surface area contributed by atoms with E-state index < -0.39 is 0 Å². The molecule has 0 aliphatic carbocycles. The van der Waals surface area contributed by atoms with Crippen molar-refractivity contribution in [2.24, 2.45) is 0 Å². The first-order valence-corrected chi connectivity index (χ1v) is 5.58. The van der Waals surface area contributed by atoms with Gasteiger partial charge in [0.05, 0.1) is 16.8 Å². The molecule has 1 aromatic carbocycles. The number of pyridine rings is 1. The number of rotatable bonds is 1. The molecule has 0 N–H and O–H groups in total. The zero-order valence-corrected chi connectivity index (χ0v) is 10.6. The van der Waals surface area contributed by atoms with E-state index in [1.54, 1.807) is 19.0 Å². The lowest BCUT2D eigenvalue weighted by Gasteiger charge is -2.12. The molecule has 0 atom stereocenters. The van der Waals surface area contributed by atoms with E-state index in [4.69, 9.17) is 0 Å². The Hall–Kier alpha value is -1.90. The minimum atomic E-state index is -0.00148. The SMILES string of the molecule is Cc1ccc2nc(C)c(C(=O)N(C)C)cc2c1. The first kappa shape index (κ1) is 11.6. The van der Waals surface area contributed by atoms with Crippen LogP contribution in [0.2, 0.25) is 0 Å². The zero-order valence-electron chi connectivity index (χ0n) is 10.6. The summed E-state index contributed by atoms with van der Waals surface area (Å²) in [7, 11) is 3.50. The van der Waals surface area contributed by atoms with E-state index in [1.165, 1.54) is 5.56 Å². The van der Waals surface area contributed by atoms with Crippen LogP contribution in [0, 0.1) is 13.8 Å². The van der Waals surface area contributed by atoms with Crippen LogP contribution in [-0.2, 0) is 0 Å². The van der Waals surface area contributed by atoms with Crippen LogP contribution in [0.3, 0.4) is 0 Å². The minimum absolute atomic E-state index is 0.00148. The number of nitrogens with zero attached hydrogens (tertiary/aromatic N) is 2. The van der Waals surface area contributed by atoms with Gasteiger partial charge in [0.25, 0.3) is 5.91 Å². The lowest BCUT2D eigenvalue weighted by Crippen LogP contribution is -2.22. The van der Waals surface area contributed by atoms with Crippen LogP contribution in [0.25, 0.3) is 10.9 Å². The summed E-state index contributed by atoms with van der Waals surface area (Å²) in [6.07, 6.45) is 0. The molecule has 2 aromatic rings. The second kappa shape index (κ2) is 4.17. The van der Waals surface area contributed by atoms with E-state index in [0.717, 1.165) is 16.6 Å². The molecule has 0 spiro atoms. The second-order valence-electron chi connectivity index (χ2n) is 4.52. The molecule has 0 unspecified atom stereocenters. The summed E-state index contributed by atoms with van der Waals surface area (Å²) in [6, 6.07) is 7.99. The van der Waals surface area contributed by atoms with Crippen LogP contribution in [0.5, 0.6) is 0 Å². The standard InChI is InChI=1S/C14H16N2O/c1-9-5-6-13-11(7-9)8-12(10(2)15-13)14(17)16(3)4/h5-8H,1-4H3. The summed E-state index contributed by atoms with van der Waals surface area (Å²) < 4.78 is 0. The smallest absolute Gasteiger partial charge is 0.255 e. The fraction of sp³-hybridized carbons (Fsp3) is 0.286. The summed E-state index contributed by atoms with van der Waals surface area (Å²) in [6.45, 7) is 3.91. The quantitative estimate of drug-likeness (QED) is 0.751. The zero-order chi connectivity index (χ0) is 12.6. The molecule has 1 aromatic heterocycles. The number of hydrogen-bond acceptors (Lipinski definition) is 2. The highest BCUT2D eigenvalue weighted by molar-refractivity contribution is 5.98. The molecule has 88 valence electrons. The van der Waals surface area contributed by atoms with Gasteiger partial charge in [0.1, 0.15) is 0 Å². The molecule has 3 heteroatoms. The average molecular weight is 228 g/mol. The predicted octanol–water partition coefficient (Wildman–Crippen LogP) is 2.55. The van der Waals surface area contributed by atoms with Crippen molar-refractivity contribution < 1.29 is 4.79 Å². The van der Waals surface area contributed by atoms with Crippen molar-refractivity contribution in [1.82, 2.24) is 9.88 Å². The van der Waals surface area contributed by atoms with Crippen LogP contribution < -0.4 is 0 Å². The van der Waals surface area contributed by atoms with Gasteiger partial charge in [-0.05, 0) is 32.0 Å². The van der Waals surface area contributed by atoms with E-state index in [1.807, 2.05) is 38.1 Å². The summed E-state index contributed by atoms with van der Waals surface area (Å²) in [5, 5.41) is 1.01. The van der Waals surface area contributed by atoms with Gasteiger partial charge in [0, 0.05) is 19.5 Å². The molecule has 0 fully saturated rings. The maximum atomic E-state index is 12.0. The molecular weight excluding hydrogens is 212 g/mol. The molecule has 0 aliphatic heterocycles. The third-order valence-electron chi connectivity index (χ3n) is 2.80. The van der Waals surface area contributed by atoms with Crippen LogP contribution in [0.4, 0.5) is 0 Å². The number of carbonyl (C=O) groups is 1. The normalized spacial score (nSPS) is 10.6. The average Bonchev–Trinajstić information content (AvgIpc) is 2.27. The molecule has 1 amide bonds. The van der Waals surface area contributed by atoms with E-state index in [-0.39, 0.29) is 5.91 Å². The van der Waals surface area contributed by atoms with Gasteiger partial charge >= 0.3 is 0 Å². The van der Waals surface area contributed by atoms with Crippen molar-refractivity contribution in [1.29, 1.82) is 0 Å². The fourth-order valence-electron chi connectivity index (χ4n) is 1.85. The monoisotopic (exact) mass is 228 g/mol. The molecule has 1 heterocycles. The van der Waals surface area contributed by atoms with Gasteiger partial charge in [-0.1, -0.05) is 11.6 Å². The Kier molecular flexibility index (Phi) is 2.84. The number of aromatic nitrogens is 1. The molecule has 0 aliphatic rings. The topological polar surface area (TPSA) is 33.2 Å². The maximum Gasteiger partial charge on any atom is 0.255 e. The van der Waals surface area contributed by atoms with E-state index in [9.17, 15) is 4.79 Å². The van der Waals surface area contributed by atoms with Crippen molar-refractivity contribution in [3.8, 4) is 0 Å². The summed E-state index contributed by atoms with van der Waals surface area (Å²) in [5.74, 6) is -0.00148. The van der Waals surface area contributed by atoms with Gasteiger partial charge in [0.2, 0.25) is 0 Å². The molecule has 3 nitrogen and oxygen atoms in total. The van der Waals surface area contributed by atoms with Crippen LogP contribution >= 0.6 is 0 Å². The third-order valence-corrected chi connectivity index (χ3v) is 2.80. The van der Waals surface area contributed by atoms with Crippen molar-refractivity contribution in [3.05, 3.63) is 41.1 Å². The number of benzene rings is 1. The maximum absolute atomic E-state index is 12.0. The lowest BCUT2D eigenvalue weighted by atomic mass is 10.1. The van der Waals surface area contributed by atoms with Gasteiger partial charge in [-0.2, -0.15) is 0 Å². The molecule has 17 heavy (non-hydrogen) atoms. The third kappa shape index (κ3) is 2.13. The minimum Gasteiger partial charge on any atom is -0.345 e. The summed E-state index contributed by atoms with van der Waals surface area (Å²) >= 11 is 0. The Morgan fingerprint density at radius 2 is 1.88 bits per heavy atom. The Bertz CT molecular complexity index is 588. The number of fused-ring (bicyclic) bond motifs is 1. The number of carbonyl (C=O) groups excluding carboxylic acids is 1. The Labute approximate surface area is 101 Å². The molecule has 0 bridgehead atoms.